The summed E-state index contributed by atoms with van der Waals surface area (Å²) in [5.41, 5.74) is 7.29. The maximum absolute atomic E-state index is 6.07. The zero-order valence-electron chi connectivity index (χ0n) is 11.2. The van der Waals surface area contributed by atoms with E-state index in [0.717, 1.165) is 0 Å². The fourth-order valence-electron chi connectivity index (χ4n) is 3.24. The van der Waals surface area contributed by atoms with Crippen molar-refractivity contribution >= 4 is 11.3 Å². The molecule has 1 atom stereocenters. The monoisotopic (exact) mass is 275 g/mol. The number of nitrogens with zero attached hydrogens (tertiary/aromatic N) is 2. The molecule has 0 aromatic carbocycles. The van der Waals surface area contributed by atoms with Gasteiger partial charge in [0.05, 0.1) is 29.1 Å². The Kier molecular flexibility index (Phi) is 3.99. The van der Waals surface area contributed by atoms with Gasteiger partial charge in [0, 0.05) is 6.54 Å². The van der Waals surface area contributed by atoms with Crippen LogP contribution in [0.25, 0.3) is 10.6 Å². The maximum Gasteiger partial charge on any atom is 0.0954 e. The molecule has 0 spiro atoms. The molecule has 1 saturated carbocycles. The topological polar surface area (TPSA) is 43.8 Å². The average Bonchev–Trinajstić information content (AvgIpc) is 3.11. The Morgan fingerprint density at radius 1 is 1.37 bits per heavy atom. The van der Waals surface area contributed by atoms with Crippen LogP contribution in [0.3, 0.4) is 0 Å². The molecule has 1 aliphatic carbocycles. The van der Waals surface area contributed by atoms with Gasteiger partial charge in [0.25, 0.3) is 0 Å². The van der Waals surface area contributed by atoms with Gasteiger partial charge in [0.2, 0.25) is 0 Å². The number of nitrogens with two attached hydrogens (primary N) is 1. The molecule has 0 bridgehead atoms. The normalized spacial score (nSPS) is 18.6. The molecule has 3 rings (SSSR count). The molecule has 0 aliphatic heterocycles. The third kappa shape index (κ3) is 2.60. The van der Waals surface area contributed by atoms with E-state index in [9.17, 15) is 0 Å². The molecule has 0 radical (unpaired) electrons. The molecule has 3 nitrogen and oxygen atoms in total. The number of hydrogen-bond donors (Lipinski definition) is 1. The molecule has 1 aliphatic rings. The third-order valence-corrected chi connectivity index (χ3v) is 5.12. The maximum atomic E-state index is 6.07. The third-order valence-electron chi connectivity index (χ3n) is 4.23. The summed E-state index contributed by atoms with van der Waals surface area (Å²) in [5.74, 6) is 0.715. The highest BCUT2D eigenvalue weighted by Gasteiger charge is 2.25. The Balaban J connectivity index is 1.89. The lowest BCUT2D eigenvalue weighted by Crippen LogP contribution is -2.28. The van der Waals surface area contributed by atoms with E-state index in [1.807, 2.05) is 12.5 Å². The highest BCUT2D eigenvalue weighted by atomic mass is 32.1. The SMILES string of the molecule is NCC(C1CCCCC1)n1cncc1-c1cccs1. The van der Waals surface area contributed by atoms with Crippen molar-refractivity contribution in [1.29, 1.82) is 0 Å². The van der Waals surface area contributed by atoms with Crippen molar-refractivity contribution in [2.24, 2.45) is 11.7 Å². The lowest BCUT2D eigenvalue weighted by atomic mass is 9.83. The second-order valence-corrected chi connectivity index (χ2v) is 6.31. The Morgan fingerprint density at radius 3 is 2.89 bits per heavy atom. The highest BCUT2D eigenvalue weighted by molar-refractivity contribution is 7.13. The zero-order chi connectivity index (χ0) is 13.1. The van der Waals surface area contributed by atoms with Crippen molar-refractivity contribution in [3.63, 3.8) is 0 Å². The molecule has 2 heterocycles. The number of imidazole rings is 1. The van der Waals surface area contributed by atoms with E-state index in [1.54, 1.807) is 11.3 Å². The fraction of sp³-hybridized carbons (Fsp3) is 0.533. The first-order valence-electron chi connectivity index (χ1n) is 7.16. The summed E-state index contributed by atoms with van der Waals surface area (Å²) >= 11 is 1.77. The number of hydrogen-bond acceptors (Lipinski definition) is 3. The van der Waals surface area contributed by atoms with E-state index >= 15 is 0 Å². The summed E-state index contributed by atoms with van der Waals surface area (Å²) in [6.07, 6.45) is 10.6. The first-order chi connectivity index (χ1) is 9.40. The van der Waals surface area contributed by atoms with Gasteiger partial charge < -0.3 is 10.3 Å². The summed E-state index contributed by atoms with van der Waals surface area (Å²) in [5, 5.41) is 2.12. The highest BCUT2D eigenvalue weighted by Crippen LogP contribution is 2.35. The van der Waals surface area contributed by atoms with Gasteiger partial charge in [-0.15, -0.1) is 11.3 Å². The Morgan fingerprint density at radius 2 is 2.21 bits per heavy atom. The van der Waals surface area contributed by atoms with E-state index in [4.69, 9.17) is 5.73 Å². The average molecular weight is 275 g/mol. The van der Waals surface area contributed by atoms with Crippen LogP contribution in [0.2, 0.25) is 0 Å². The van der Waals surface area contributed by atoms with Gasteiger partial charge in [0.15, 0.2) is 0 Å². The van der Waals surface area contributed by atoms with Gasteiger partial charge in [-0.3, -0.25) is 0 Å². The molecule has 1 fully saturated rings. The molecular formula is C15H21N3S. The van der Waals surface area contributed by atoms with Crippen LogP contribution < -0.4 is 5.73 Å². The van der Waals surface area contributed by atoms with Gasteiger partial charge in [-0.05, 0) is 30.2 Å². The molecular weight excluding hydrogens is 254 g/mol. The molecule has 0 saturated heterocycles. The van der Waals surface area contributed by atoms with Crippen molar-refractivity contribution < 1.29 is 0 Å². The van der Waals surface area contributed by atoms with Gasteiger partial charge in [0.1, 0.15) is 0 Å². The summed E-state index contributed by atoms with van der Waals surface area (Å²) < 4.78 is 2.31. The quantitative estimate of drug-likeness (QED) is 0.924. The minimum atomic E-state index is 0.403. The smallest absolute Gasteiger partial charge is 0.0954 e. The molecule has 102 valence electrons. The predicted octanol–water partition coefficient (Wildman–Crippen LogP) is 3.69. The van der Waals surface area contributed by atoms with E-state index in [0.29, 0.717) is 18.5 Å². The van der Waals surface area contributed by atoms with Crippen molar-refractivity contribution in [3.8, 4) is 10.6 Å². The Bertz CT molecular complexity index is 497. The largest absolute Gasteiger partial charge is 0.328 e. The molecule has 2 aromatic heterocycles. The standard InChI is InChI=1S/C15H21N3S/c16-9-13(12-5-2-1-3-6-12)18-11-17-10-14(18)15-7-4-8-19-15/h4,7-8,10-13H,1-3,5-6,9,16H2. The van der Waals surface area contributed by atoms with Gasteiger partial charge in [-0.2, -0.15) is 0 Å². The van der Waals surface area contributed by atoms with Crippen molar-refractivity contribution in [1.82, 2.24) is 9.55 Å². The van der Waals surface area contributed by atoms with Gasteiger partial charge in [-0.1, -0.05) is 25.3 Å². The Labute approximate surface area is 118 Å². The minimum Gasteiger partial charge on any atom is -0.328 e. The van der Waals surface area contributed by atoms with E-state index in [1.165, 1.54) is 42.7 Å². The summed E-state index contributed by atoms with van der Waals surface area (Å²) in [6.45, 7) is 0.708. The van der Waals surface area contributed by atoms with E-state index in [2.05, 4.69) is 27.1 Å². The zero-order valence-corrected chi connectivity index (χ0v) is 12.0. The second-order valence-electron chi connectivity index (χ2n) is 5.36. The lowest BCUT2D eigenvalue weighted by Gasteiger charge is -2.31. The van der Waals surface area contributed by atoms with Crippen molar-refractivity contribution in [2.45, 2.75) is 38.1 Å². The second kappa shape index (κ2) is 5.88. The van der Waals surface area contributed by atoms with Crippen LogP contribution in [0.5, 0.6) is 0 Å². The summed E-state index contributed by atoms with van der Waals surface area (Å²) in [6, 6.07) is 4.65. The first kappa shape index (κ1) is 12.9. The fourth-order valence-corrected chi connectivity index (χ4v) is 3.98. The van der Waals surface area contributed by atoms with Crippen molar-refractivity contribution in [2.75, 3.05) is 6.54 Å². The Hall–Kier alpha value is -1.13. The van der Waals surface area contributed by atoms with Crippen LogP contribution in [0.1, 0.15) is 38.1 Å². The van der Waals surface area contributed by atoms with Crippen LogP contribution in [-0.2, 0) is 0 Å². The van der Waals surface area contributed by atoms with E-state index < -0.39 is 0 Å². The van der Waals surface area contributed by atoms with Crippen LogP contribution >= 0.6 is 11.3 Å². The molecule has 1 unspecified atom stereocenters. The van der Waals surface area contributed by atoms with Crippen LogP contribution in [0.15, 0.2) is 30.0 Å². The number of thiophene rings is 1. The van der Waals surface area contributed by atoms with Gasteiger partial charge >= 0.3 is 0 Å². The first-order valence-corrected chi connectivity index (χ1v) is 8.04. The lowest BCUT2D eigenvalue weighted by molar-refractivity contribution is 0.255. The van der Waals surface area contributed by atoms with E-state index in [-0.39, 0.29) is 0 Å². The van der Waals surface area contributed by atoms with Crippen molar-refractivity contribution in [3.05, 3.63) is 30.0 Å². The summed E-state index contributed by atoms with van der Waals surface area (Å²) in [4.78, 5) is 5.64. The summed E-state index contributed by atoms with van der Waals surface area (Å²) in [7, 11) is 0. The molecule has 19 heavy (non-hydrogen) atoms. The minimum absolute atomic E-state index is 0.403. The van der Waals surface area contributed by atoms with Crippen LogP contribution in [0.4, 0.5) is 0 Å². The van der Waals surface area contributed by atoms with Crippen LogP contribution in [0, 0.1) is 5.92 Å². The molecule has 2 N–H and O–H groups in total. The van der Waals surface area contributed by atoms with Crippen LogP contribution in [-0.4, -0.2) is 16.1 Å². The molecule has 0 amide bonds. The molecule has 2 aromatic rings. The van der Waals surface area contributed by atoms with Gasteiger partial charge in [-0.25, -0.2) is 4.98 Å². The number of rotatable bonds is 4. The number of aromatic nitrogens is 2. The molecule has 4 heteroatoms. The predicted molar refractivity (Wildman–Crippen MR) is 80.2 cm³/mol.